The molecular formula is C12H17N3O3. The van der Waals surface area contributed by atoms with Crippen LogP contribution in [0.3, 0.4) is 0 Å². The van der Waals surface area contributed by atoms with Crippen LogP contribution in [0.25, 0.3) is 0 Å². The first-order chi connectivity index (χ1) is 8.45. The van der Waals surface area contributed by atoms with Crippen molar-refractivity contribution in [1.29, 1.82) is 0 Å². The van der Waals surface area contributed by atoms with Gasteiger partial charge in [-0.25, -0.2) is 4.79 Å². The zero-order chi connectivity index (χ0) is 13.7. The van der Waals surface area contributed by atoms with E-state index in [1.54, 1.807) is 19.1 Å². The first-order valence-corrected chi connectivity index (χ1v) is 5.50. The number of urea groups is 1. The third-order valence-corrected chi connectivity index (χ3v) is 2.42. The number of aryl methyl sites for hydroxylation is 1. The summed E-state index contributed by atoms with van der Waals surface area (Å²) in [6.07, 6.45) is -0.814. The fourth-order valence-electron chi connectivity index (χ4n) is 1.28. The average molecular weight is 251 g/mol. The van der Waals surface area contributed by atoms with Crippen LogP contribution in [0.4, 0.5) is 10.5 Å². The van der Waals surface area contributed by atoms with Crippen LogP contribution in [0.1, 0.15) is 12.5 Å². The van der Waals surface area contributed by atoms with Crippen molar-refractivity contribution in [3.63, 3.8) is 0 Å². The van der Waals surface area contributed by atoms with Crippen LogP contribution in [0, 0.1) is 6.92 Å². The number of amides is 3. The SMILES string of the molecule is CNC(=O)NC(=O)C(C)Oc1cccc(C)c1N. The second kappa shape index (κ2) is 5.90. The summed E-state index contributed by atoms with van der Waals surface area (Å²) in [5.74, 6) is -0.107. The molecule has 1 atom stereocenters. The number of para-hydroxylation sites is 1. The number of hydrogen-bond donors (Lipinski definition) is 3. The molecule has 0 heterocycles. The minimum absolute atomic E-state index is 0.426. The van der Waals surface area contributed by atoms with Gasteiger partial charge < -0.3 is 15.8 Å². The quantitative estimate of drug-likeness (QED) is 0.693. The minimum Gasteiger partial charge on any atom is -0.479 e. The van der Waals surface area contributed by atoms with Gasteiger partial charge in [-0.2, -0.15) is 0 Å². The molecule has 0 aromatic heterocycles. The van der Waals surface area contributed by atoms with Gasteiger partial charge in [0.15, 0.2) is 6.10 Å². The van der Waals surface area contributed by atoms with Crippen molar-refractivity contribution in [2.75, 3.05) is 12.8 Å². The van der Waals surface area contributed by atoms with Gasteiger partial charge in [-0.1, -0.05) is 12.1 Å². The number of carbonyl (C=O) groups excluding carboxylic acids is 2. The van der Waals surface area contributed by atoms with E-state index in [0.29, 0.717) is 11.4 Å². The minimum atomic E-state index is -0.814. The number of carbonyl (C=O) groups is 2. The van der Waals surface area contributed by atoms with E-state index in [4.69, 9.17) is 10.5 Å². The predicted molar refractivity (Wildman–Crippen MR) is 68.3 cm³/mol. The van der Waals surface area contributed by atoms with Crippen LogP contribution in [-0.4, -0.2) is 25.1 Å². The Balaban J connectivity index is 2.69. The van der Waals surface area contributed by atoms with E-state index in [0.717, 1.165) is 5.56 Å². The van der Waals surface area contributed by atoms with E-state index in [-0.39, 0.29) is 0 Å². The molecule has 0 bridgehead atoms. The highest BCUT2D eigenvalue weighted by Gasteiger charge is 2.18. The molecule has 1 aromatic rings. The zero-order valence-electron chi connectivity index (χ0n) is 10.6. The Morgan fingerprint density at radius 2 is 2.06 bits per heavy atom. The van der Waals surface area contributed by atoms with Gasteiger partial charge >= 0.3 is 6.03 Å². The molecule has 0 spiro atoms. The van der Waals surface area contributed by atoms with E-state index < -0.39 is 18.0 Å². The van der Waals surface area contributed by atoms with Gasteiger partial charge in [-0.3, -0.25) is 10.1 Å². The normalized spacial score (nSPS) is 11.5. The molecule has 0 saturated carbocycles. The van der Waals surface area contributed by atoms with Gasteiger partial charge in [0.25, 0.3) is 5.91 Å². The Bertz CT molecular complexity index is 460. The molecule has 98 valence electrons. The van der Waals surface area contributed by atoms with Crippen LogP contribution in [-0.2, 0) is 4.79 Å². The zero-order valence-corrected chi connectivity index (χ0v) is 10.6. The number of nitrogen functional groups attached to an aromatic ring is 1. The van der Waals surface area contributed by atoms with Gasteiger partial charge in [0.05, 0.1) is 5.69 Å². The summed E-state index contributed by atoms with van der Waals surface area (Å²) in [5.41, 5.74) is 7.17. The van der Waals surface area contributed by atoms with Crippen molar-refractivity contribution in [2.45, 2.75) is 20.0 Å². The molecule has 1 aromatic carbocycles. The number of hydrogen-bond acceptors (Lipinski definition) is 4. The summed E-state index contributed by atoms with van der Waals surface area (Å²) in [6.45, 7) is 3.39. The lowest BCUT2D eigenvalue weighted by Gasteiger charge is -2.16. The summed E-state index contributed by atoms with van der Waals surface area (Å²) in [5, 5.41) is 4.41. The van der Waals surface area contributed by atoms with Crippen molar-refractivity contribution in [1.82, 2.24) is 10.6 Å². The summed E-state index contributed by atoms with van der Waals surface area (Å²) in [4.78, 5) is 22.6. The fraction of sp³-hybridized carbons (Fsp3) is 0.333. The topological polar surface area (TPSA) is 93.5 Å². The maximum Gasteiger partial charge on any atom is 0.321 e. The first-order valence-electron chi connectivity index (χ1n) is 5.50. The molecule has 6 nitrogen and oxygen atoms in total. The molecule has 0 fully saturated rings. The molecule has 0 aliphatic heterocycles. The summed E-state index contributed by atoms with van der Waals surface area (Å²) in [7, 11) is 1.42. The number of rotatable bonds is 3. The Morgan fingerprint density at radius 3 is 2.67 bits per heavy atom. The number of nitrogens with one attached hydrogen (secondary N) is 2. The summed E-state index contributed by atoms with van der Waals surface area (Å²) in [6, 6.07) is 4.72. The highest BCUT2D eigenvalue weighted by molar-refractivity contribution is 5.96. The highest BCUT2D eigenvalue weighted by Crippen LogP contribution is 2.25. The lowest BCUT2D eigenvalue weighted by molar-refractivity contribution is -0.126. The number of anilines is 1. The van der Waals surface area contributed by atoms with E-state index in [1.807, 2.05) is 13.0 Å². The van der Waals surface area contributed by atoms with E-state index in [1.165, 1.54) is 7.05 Å². The number of ether oxygens (including phenoxy) is 1. The number of nitrogens with two attached hydrogens (primary N) is 1. The number of imide groups is 1. The van der Waals surface area contributed by atoms with Crippen molar-refractivity contribution >= 4 is 17.6 Å². The van der Waals surface area contributed by atoms with Gasteiger partial charge in [0.2, 0.25) is 0 Å². The Morgan fingerprint density at radius 1 is 1.39 bits per heavy atom. The average Bonchev–Trinajstić information content (AvgIpc) is 2.34. The van der Waals surface area contributed by atoms with Crippen LogP contribution in [0.5, 0.6) is 5.75 Å². The smallest absolute Gasteiger partial charge is 0.321 e. The van der Waals surface area contributed by atoms with Gasteiger partial charge in [0, 0.05) is 7.05 Å². The van der Waals surface area contributed by atoms with Crippen LogP contribution in [0.15, 0.2) is 18.2 Å². The Labute approximate surface area is 105 Å². The van der Waals surface area contributed by atoms with Crippen LogP contribution >= 0.6 is 0 Å². The standard InChI is InChI=1S/C12H17N3O3/c1-7-5-4-6-9(10(7)13)18-8(2)11(16)15-12(17)14-3/h4-6,8H,13H2,1-3H3,(H2,14,15,16,17). The highest BCUT2D eigenvalue weighted by atomic mass is 16.5. The third kappa shape index (κ3) is 3.38. The van der Waals surface area contributed by atoms with Gasteiger partial charge in [-0.15, -0.1) is 0 Å². The molecule has 3 amide bonds. The van der Waals surface area contributed by atoms with E-state index >= 15 is 0 Å². The third-order valence-electron chi connectivity index (χ3n) is 2.42. The monoisotopic (exact) mass is 251 g/mol. The maximum atomic E-state index is 11.6. The maximum absolute atomic E-state index is 11.6. The second-order valence-corrected chi connectivity index (χ2v) is 3.82. The molecule has 0 radical (unpaired) electrons. The van der Waals surface area contributed by atoms with Crippen molar-refractivity contribution in [2.24, 2.45) is 0 Å². The molecule has 1 rings (SSSR count). The van der Waals surface area contributed by atoms with Crippen LogP contribution in [0.2, 0.25) is 0 Å². The second-order valence-electron chi connectivity index (χ2n) is 3.82. The molecule has 18 heavy (non-hydrogen) atoms. The summed E-state index contributed by atoms with van der Waals surface area (Å²) < 4.78 is 5.42. The Kier molecular flexibility index (Phi) is 4.53. The molecule has 0 aliphatic carbocycles. The van der Waals surface area contributed by atoms with Crippen molar-refractivity contribution < 1.29 is 14.3 Å². The van der Waals surface area contributed by atoms with Crippen LogP contribution < -0.4 is 21.1 Å². The Hall–Kier alpha value is -2.24. The fourth-order valence-corrected chi connectivity index (χ4v) is 1.28. The molecule has 1 unspecified atom stereocenters. The molecule has 6 heteroatoms. The van der Waals surface area contributed by atoms with Crippen molar-refractivity contribution in [3.8, 4) is 5.75 Å². The van der Waals surface area contributed by atoms with E-state index in [9.17, 15) is 9.59 Å². The molecule has 0 aliphatic rings. The van der Waals surface area contributed by atoms with E-state index in [2.05, 4.69) is 10.6 Å². The predicted octanol–water partition coefficient (Wildman–Crippen LogP) is 0.800. The first kappa shape index (κ1) is 13.8. The lowest BCUT2D eigenvalue weighted by Crippen LogP contribution is -2.44. The van der Waals surface area contributed by atoms with Gasteiger partial charge in [-0.05, 0) is 25.5 Å². The largest absolute Gasteiger partial charge is 0.479 e. The molecule has 0 saturated heterocycles. The molecule has 4 N–H and O–H groups in total. The summed E-state index contributed by atoms with van der Waals surface area (Å²) >= 11 is 0. The van der Waals surface area contributed by atoms with Crippen molar-refractivity contribution in [3.05, 3.63) is 23.8 Å². The molecular weight excluding hydrogens is 234 g/mol. The number of benzene rings is 1. The van der Waals surface area contributed by atoms with Gasteiger partial charge in [0.1, 0.15) is 5.75 Å². The lowest BCUT2D eigenvalue weighted by atomic mass is 10.2.